The van der Waals surface area contributed by atoms with Crippen LogP contribution in [0.2, 0.25) is 0 Å². The Hall–Kier alpha value is -1.35. The molecule has 2 rings (SSSR count). The van der Waals surface area contributed by atoms with E-state index in [0.29, 0.717) is 5.88 Å². The van der Waals surface area contributed by atoms with Crippen LogP contribution in [0.4, 0.5) is 0 Å². The molecule has 1 aromatic carbocycles. The minimum absolute atomic E-state index is 0.149. The summed E-state index contributed by atoms with van der Waals surface area (Å²) in [4.78, 5) is 4.41. The molecule has 106 valence electrons. The van der Waals surface area contributed by atoms with E-state index in [4.69, 9.17) is 4.74 Å². The zero-order chi connectivity index (χ0) is 14.9. The van der Waals surface area contributed by atoms with Crippen molar-refractivity contribution in [2.45, 2.75) is 40.0 Å². The summed E-state index contributed by atoms with van der Waals surface area (Å²) in [6, 6.07) is 10.1. The van der Waals surface area contributed by atoms with Gasteiger partial charge in [-0.25, -0.2) is 4.98 Å². The Balaban J connectivity index is 2.28. The second-order valence-corrected chi connectivity index (χ2v) is 6.90. The minimum Gasteiger partial charge on any atom is -0.439 e. The zero-order valence-corrected chi connectivity index (χ0v) is 14.2. The molecule has 0 unspecified atom stereocenters. The zero-order valence-electron chi connectivity index (χ0n) is 12.6. The normalized spacial score (nSPS) is 11.5. The Labute approximate surface area is 129 Å². The van der Waals surface area contributed by atoms with E-state index in [1.807, 2.05) is 25.1 Å². The number of hydrogen-bond acceptors (Lipinski definition) is 2. The van der Waals surface area contributed by atoms with Crippen LogP contribution in [-0.2, 0) is 5.41 Å². The number of halogens is 1. The Kier molecular flexibility index (Phi) is 4.19. The number of nitrogens with zero attached hydrogens (tertiary/aromatic N) is 1. The molecule has 0 fully saturated rings. The molecule has 0 saturated carbocycles. The third kappa shape index (κ3) is 3.40. The lowest BCUT2D eigenvalue weighted by molar-refractivity contribution is 0.457. The van der Waals surface area contributed by atoms with Gasteiger partial charge in [-0.3, -0.25) is 0 Å². The van der Waals surface area contributed by atoms with Gasteiger partial charge < -0.3 is 4.74 Å². The van der Waals surface area contributed by atoms with E-state index in [2.05, 4.69) is 60.7 Å². The number of aromatic nitrogens is 1. The lowest BCUT2D eigenvalue weighted by Gasteiger charge is -2.20. The van der Waals surface area contributed by atoms with E-state index in [9.17, 15) is 0 Å². The average Bonchev–Trinajstić information content (AvgIpc) is 2.35. The highest BCUT2D eigenvalue weighted by molar-refractivity contribution is 9.10. The molecule has 0 bridgehead atoms. The monoisotopic (exact) mass is 333 g/mol. The molecular formula is C17H20BrNO. The van der Waals surface area contributed by atoms with Crippen molar-refractivity contribution in [1.29, 1.82) is 0 Å². The smallest absolute Gasteiger partial charge is 0.219 e. The summed E-state index contributed by atoms with van der Waals surface area (Å²) in [5.41, 5.74) is 3.50. The largest absolute Gasteiger partial charge is 0.439 e. The van der Waals surface area contributed by atoms with E-state index < -0.39 is 0 Å². The molecule has 2 aromatic rings. The number of rotatable bonds is 2. The fraction of sp³-hybridized carbons (Fsp3) is 0.353. The summed E-state index contributed by atoms with van der Waals surface area (Å²) in [6.07, 6.45) is 0. The molecule has 0 aliphatic carbocycles. The lowest BCUT2D eigenvalue weighted by Crippen LogP contribution is -2.11. The van der Waals surface area contributed by atoms with Gasteiger partial charge in [0.1, 0.15) is 5.75 Å². The topological polar surface area (TPSA) is 22.1 Å². The first-order valence-corrected chi connectivity index (χ1v) is 7.49. The van der Waals surface area contributed by atoms with Crippen LogP contribution in [0, 0.1) is 13.8 Å². The first kappa shape index (κ1) is 15.0. The van der Waals surface area contributed by atoms with Gasteiger partial charge >= 0.3 is 0 Å². The van der Waals surface area contributed by atoms with Crippen LogP contribution < -0.4 is 4.74 Å². The standard InChI is InChI=1S/C17H20BrNO/c1-11-10-13(17(3,4)5)6-8-15(11)20-16-9-7-14(18)12(2)19-16/h6-10H,1-5H3. The summed E-state index contributed by atoms with van der Waals surface area (Å²) >= 11 is 3.44. The molecule has 1 aromatic heterocycles. The molecule has 0 aliphatic heterocycles. The van der Waals surface area contributed by atoms with Gasteiger partial charge in [0, 0.05) is 10.5 Å². The van der Waals surface area contributed by atoms with Crippen LogP contribution in [0.5, 0.6) is 11.6 Å². The van der Waals surface area contributed by atoms with Gasteiger partial charge in [-0.2, -0.15) is 0 Å². The van der Waals surface area contributed by atoms with Crippen LogP contribution in [0.1, 0.15) is 37.6 Å². The maximum Gasteiger partial charge on any atom is 0.219 e. The Morgan fingerprint density at radius 1 is 1.05 bits per heavy atom. The number of benzene rings is 1. The van der Waals surface area contributed by atoms with Gasteiger partial charge in [0.05, 0.1) is 5.69 Å². The predicted octanol–water partition coefficient (Wildman–Crippen LogP) is 5.55. The summed E-state index contributed by atoms with van der Waals surface area (Å²) in [5, 5.41) is 0. The average molecular weight is 334 g/mol. The summed E-state index contributed by atoms with van der Waals surface area (Å²) in [6.45, 7) is 10.6. The van der Waals surface area contributed by atoms with Crippen molar-refractivity contribution < 1.29 is 4.74 Å². The molecule has 0 atom stereocenters. The van der Waals surface area contributed by atoms with Gasteiger partial charge in [0.25, 0.3) is 0 Å². The molecule has 0 aliphatic rings. The van der Waals surface area contributed by atoms with Gasteiger partial charge in [-0.15, -0.1) is 0 Å². The SMILES string of the molecule is Cc1cc(C(C)(C)C)ccc1Oc1ccc(Br)c(C)n1. The predicted molar refractivity (Wildman–Crippen MR) is 86.6 cm³/mol. The summed E-state index contributed by atoms with van der Waals surface area (Å²) in [7, 11) is 0. The summed E-state index contributed by atoms with van der Waals surface area (Å²) < 4.78 is 6.87. The van der Waals surface area contributed by atoms with Crippen molar-refractivity contribution in [1.82, 2.24) is 4.98 Å². The van der Waals surface area contributed by atoms with E-state index in [1.165, 1.54) is 5.56 Å². The van der Waals surface area contributed by atoms with Crippen molar-refractivity contribution in [2.24, 2.45) is 0 Å². The van der Waals surface area contributed by atoms with Crippen molar-refractivity contribution >= 4 is 15.9 Å². The lowest BCUT2D eigenvalue weighted by atomic mass is 9.86. The van der Waals surface area contributed by atoms with Crippen LogP contribution >= 0.6 is 15.9 Å². The van der Waals surface area contributed by atoms with Gasteiger partial charge in [-0.1, -0.05) is 32.9 Å². The first-order chi connectivity index (χ1) is 9.27. The van der Waals surface area contributed by atoms with Crippen LogP contribution in [0.25, 0.3) is 0 Å². The second-order valence-electron chi connectivity index (χ2n) is 6.05. The van der Waals surface area contributed by atoms with E-state index in [1.54, 1.807) is 0 Å². The molecule has 2 nitrogen and oxygen atoms in total. The van der Waals surface area contributed by atoms with E-state index in [0.717, 1.165) is 21.5 Å². The fourth-order valence-corrected chi connectivity index (χ4v) is 2.14. The van der Waals surface area contributed by atoms with Crippen LogP contribution in [0.15, 0.2) is 34.8 Å². The maximum absolute atomic E-state index is 5.88. The fourth-order valence-electron chi connectivity index (χ4n) is 1.92. The third-order valence-corrected chi connectivity index (χ3v) is 4.09. The number of aryl methyl sites for hydroxylation is 2. The molecule has 0 amide bonds. The van der Waals surface area contributed by atoms with Gasteiger partial charge in [-0.05, 0) is 58.5 Å². The van der Waals surface area contributed by atoms with Crippen molar-refractivity contribution in [3.63, 3.8) is 0 Å². The molecule has 3 heteroatoms. The molecule has 0 spiro atoms. The molecule has 0 saturated heterocycles. The summed E-state index contributed by atoms with van der Waals surface area (Å²) in [5.74, 6) is 1.48. The van der Waals surface area contributed by atoms with Crippen molar-refractivity contribution in [3.05, 3.63) is 51.6 Å². The Morgan fingerprint density at radius 3 is 2.30 bits per heavy atom. The van der Waals surface area contributed by atoms with Gasteiger partial charge in [0.2, 0.25) is 5.88 Å². The number of pyridine rings is 1. The molecule has 20 heavy (non-hydrogen) atoms. The quantitative estimate of drug-likeness (QED) is 0.718. The van der Waals surface area contributed by atoms with Crippen molar-refractivity contribution in [3.8, 4) is 11.6 Å². The van der Waals surface area contributed by atoms with Crippen LogP contribution in [-0.4, -0.2) is 4.98 Å². The Morgan fingerprint density at radius 2 is 1.75 bits per heavy atom. The van der Waals surface area contributed by atoms with E-state index >= 15 is 0 Å². The molecule has 1 heterocycles. The highest BCUT2D eigenvalue weighted by atomic mass is 79.9. The maximum atomic E-state index is 5.88. The first-order valence-electron chi connectivity index (χ1n) is 6.69. The molecule has 0 N–H and O–H groups in total. The van der Waals surface area contributed by atoms with Gasteiger partial charge in [0.15, 0.2) is 0 Å². The van der Waals surface area contributed by atoms with Crippen LogP contribution in [0.3, 0.4) is 0 Å². The molecular weight excluding hydrogens is 314 g/mol. The number of hydrogen-bond donors (Lipinski definition) is 0. The highest BCUT2D eigenvalue weighted by Gasteiger charge is 2.15. The highest BCUT2D eigenvalue weighted by Crippen LogP contribution is 2.30. The molecule has 0 radical (unpaired) electrons. The van der Waals surface area contributed by atoms with Crippen molar-refractivity contribution in [2.75, 3.05) is 0 Å². The second kappa shape index (κ2) is 5.57. The number of ether oxygens (including phenoxy) is 1. The third-order valence-electron chi connectivity index (χ3n) is 3.25. The van der Waals surface area contributed by atoms with E-state index in [-0.39, 0.29) is 5.41 Å². The minimum atomic E-state index is 0.149. The Bertz CT molecular complexity index is 629.